The summed E-state index contributed by atoms with van der Waals surface area (Å²) >= 11 is 0. The van der Waals surface area contributed by atoms with Crippen molar-refractivity contribution < 1.29 is 23.9 Å². The van der Waals surface area contributed by atoms with Crippen LogP contribution in [0.2, 0.25) is 0 Å². The monoisotopic (exact) mass is 396 g/mol. The molecule has 29 heavy (non-hydrogen) atoms. The van der Waals surface area contributed by atoms with E-state index < -0.39 is 11.9 Å². The predicted molar refractivity (Wildman–Crippen MR) is 108 cm³/mol. The Kier molecular flexibility index (Phi) is 7.10. The molecule has 152 valence electrons. The topological polar surface area (TPSA) is 84.9 Å². The molecule has 0 aromatic heterocycles. The third-order valence-corrected chi connectivity index (χ3v) is 4.61. The van der Waals surface area contributed by atoms with Crippen LogP contribution in [0.4, 0.5) is 5.69 Å². The molecule has 0 radical (unpaired) electrons. The van der Waals surface area contributed by atoms with Crippen molar-refractivity contribution in [2.24, 2.45) is 0 Å². The highest BCUT2D eigenvalue weighted by Gasteiger charge is 2.13. The molecule has 0 bridgehead atoms. The quantitative estimate of drug-likeness (QED) is 0.572. The van der Waals surface area contributed by atoms with Gasteiger partial charge in [-0.3, -0.25) is 14.5 Å². The van der Waals surface area contributed by atoms with Crippen molar-refractivity contribution >= 4 is 23.3 Å². The van der Waals surface area contributed by atoms with Crippen LogP contribution >= 0.6 is 0 Å². The van der Waals surface area contributed by atoms with Gasteiger partial charge in [-0.15, -0.1) is 0 Å². The molecule has 2 aromatic rings. The van der Waals surface area contributed by atoms with Crippen LogP contribution in [0.3, 0.4) is 0 Å². The molecule has 0 aliphatic carbocycles. The van der Waals surface area contributed by atoms with Gasteiger partial charge >= 0.3 is 5.97 Å². The number of ether oxygens (including phenoxy) is 2. The second-order valence-corrected chi connectivity index (χ2v) is 6.84. The number of ketones is 1. The van der Waals surface area contributed by atoms with Crippen LogP contribution in [-0.4, -0.2) is 55.5 Å². The zero-order chi connectivity index (χ0) is 20.6. The van der Waals surface area contributed by atoms with Crippen LogP contribution < -0.4 is 5.32 Å². The first-order valence-corrected chi connectivity index (χ1v) is 9.48. The van der Waals surface area contributed by atoms with Crippen LogP contribution in [0.25, 0.3) is 0 Å². The minimum Gasteiger partial charge on any atom is -0.452 e. The summed E-state index contributed by atoms with van der Waals surface area (Å²) in [6.45, 7) is 5.18. The summed E-state index contributed by atoms with van der Waals surface area (Å²) in [6.07, 6.45) is 0. The number of benzene rings is 2. The number of hydrogen-bond acceptors (Lipinski definition) is 6. The highest BCUT2D eigenvalue weighted by atomic mass is 16.5. The molecule has 0 saturated carbocycles. The van der Waals surface area contributed by atoms with E-state index in [1.54, 1.807) is 36.4 Å². The van der Waals surface area contributed by atoms with E-state index >= 15 is 0 Å². The van der Waals surface area contributed by atoms with Gasteiger partial charge in [-0.05, 0) is 48.9 Å². The van der Waals surface area contributed by atoms with Gasteiger partial charge in [0, 0.05) is 30.9 Å². The van der Waals surface area contributed by atoms with Crippen molar-refractivity contribution in [3.63, 3.8) is 0 Å². The van der Waals surface area contributed by atoms with Crippen molar-refractivity contribution in [2.75, 3.05) is 38.2 Å². The Hall–Kier alpha value is -3.03. The lowest BCUT2D eigenvalue weighted by Gasteiger charge is -2.26. The number of nitrogens with one attached hydrogen (secondary N) is 1. The molecule has 0 spiro atoms. The lowest BCUT2D eigenvalue weighted by atomic mass is 10.1. The van der Waals surface area contributed by atoms with Gasteiger partial charge in [0.15, 0.2) is 12.4 Å². The van der Waals surface area contributed by atoms with Gasteiger partial charge in [-0.25, -0.2) is 4.79 Å². The van der Waals surface area contributed by atoms with Crippen LogP contribution in [0.15, 0.2) is 48.5 Å². The van der Waals surface area contributed by atoms with Crippen LogP contribution in [-0.2, 0) is 20.8 Å². The molecule has 1 fully saturated rings. The molecule has 1 aliphatic rings. The van der Waals surface area contributed by atoms with Gasteiger partial charge in [0.1, 0.15) is 0 Å². The Bertz CT molecular complexity index is 856. The van der Waals surface area contributed by atoms with E-state index in [2.05, 4.69) is 10.2 Å². The Labute approximate surface area is 169 Å². The molecule has 2 aromatic carbocycles. The summed E-state index contributed by atoms with van der Waals surface area (Å²) in [4.78, 5) is 37.7. The third-order valence-electron chi connectivity index (χ3n) is 4.61. The summed E-state index contributed by atoms with van der Waals surface area (Å²) in [7, 11) is 0. The van der Waals surface area contributed by atoms with Crippen molar-refractivity contribution in [1.29, 1.82) is 0 Å². The minimum atomic E-state index is -0.551. The van der Waals surface area contributed by atoms with E-state index in [9.17, 15) is 14.4 Å². The number of carbonyl (C=O) groups is 3. The van der Waals surface area contributed by atoms with E-state index in [0.717, 1.165) is 38.4 Å². The number of rotatable bonds is 7. The number of amides is 1. The van der Waals surface area contributed by atoms with Crippen molar-refractivity contribution in [1.82, 2.24) is 4.90 Å². The summed E-state index contributed by atoms with van der Waals surface area (Å²) in [6, 6.07) is 13.7. The van der Waals surface area contributed by atoms with Crippen molar-refractivity contribution in [2.45, 2.75) is 13.5 Å². The Morgan fingerprint density at radius 3 is 2.21 bits per heavy atom. The Morgan fingerprint density at radius 1 is 0.966 bits per heavy atom. The van der Waals surface area contributed by atoms with Gasteiger partial charge in [-0.2, -0.15) is 0 Å². The van der Waals surface area contributed by atoms with Crippen molar-refractivity contribution in [3.8, 4) is 0 Å². The lowest BCUT2D eigenvalue weighted by Crippen LogP contribution is -2.35. The predicted octanol–water partition coefficient (Wildman–Crippen LogP) is 2.52. The molecule has 3 rings (SSSR count). The largest absolute Gasteiger partial charge is 0.452 e. The average Bonchev–Trinajstić information content (AvgIpc) is 2.74. The lowest BCUT2D eigenvalue weighted by molar-refractivity contribution is -0.119. The number of carbonyl (C=O) groups excluding carboxylic acids is 3. The molecule has 7 nitrogen and oxygen atoms in total. The third kappa shape index (κ3) is 6.23. The second-order valence-electron chi connectivity index (χ2n) is 6.84. The number of hydrogen-bond donors (Lipinski definition) is 1. The molecule has 1 amide bonds. The van der Waals surface area contributed by atoms with E-state index in [1.807, 2.05) is 12.1 Å². The van der Waals surface area contributed by atoms with Crippen molar-refractivity contribution in [3.05, 3.63) is 65.2 Å². The van der Waals surface area contributed by atoms with Crippen LogP contribution in [0.1, 0.15) is 33.2 Å². The fourth-order valence-electron chi connectivity index (χ4n) is 2.96. The maximum atomic E-state index is 12.2. The summed E-state index contributed by atoms with van der Waals surface area (Å²) < 4.78 is 10.4. The number of anilines is 1. The molecular weight excluding hydrogens is 372 g/mol. The highest BCUT2D eigenvalue weighted by molar-refractivity contribution is 5.97. The van der Waals surface area contributed by atoms with E-state index in [1.165, 1.54) is 6.92 Å². The second kappa shape index (κ2) is 9.95. The first-order chi connectivity index (χ1) is 14.0. The van der Waals surface area contributed by atoms with E-state index in [-0.39, 0.29) is 12.4 Å². The molecule has 0 atom stereocenters. The molecule has 1 N–H and O–H groups in total. The first-order valence-electron chi connectivity index (χ1n) is 9.48. The van der Waals surface area contributed by atoms with Gasteiger partial charge in [0.05, 0.1) is 18.8 Å². The molecule has 7 heteroatoms. The molecule has 1 heterocycles. The normalized spacial score (nSPS) is 14.2. The molecule has 0 unspecified atom stereocenters. The number of Topliss-reactive ketones (excluding diaryl/α,β-unsaturated/α-hetero) is 1. The number of esters is 1. The van der Waals surface area contributed by atoms with Gasteiger partial charge in [0.2, 0.25) is 0 Å². The van der Waals surface area contributed by atoms with Gasteiger partial charge in [-0.1, -0.05) is 12.1 Å². The number of nitrogens with zero attached hydrogens (tertiary/aromatic N) is 1. The maximum absolute atomic E-state index is 12.2. The zero-order valence-corrected chi connectivity index (χ0v) is 16.3. The summed E-state index contributed by atoms with van der Waals surface area (Å²) in [5.41, 5.74) is 2.60. The standard InChI is InChI=1S/C22H24N2O5/c1-16(25)18-6-8-20(9-7-18)23-21(26)15-29-22(27)19-4-2-17(3-5-19)14-24-10-12-28-13-11-24/h2-9H,10-15H2,1H3,(H,23,26). The average molecular weight is 396 g/mol. The number of morpholine rings is 1. The summed E-state index contributed by atoms with van der Waals surface area (Å²) in [5, 5.41) is 2.63. The Morgan fingerprint density at radius 2 is 1.59 bits per heavy atom. The molecule has 1 aliphatic heterocycles. The van der Waals surface area contributed by atoms with E-state index in [0.29, 0.717) is 16.8 Å². The molecule has 1 saturated heterocycles. The molecular formula is C22H24N2O5. The fourth-order valence-corrected chi connectivity index (χ4v) is 2.96. The fraction of sp³-hybridized carbons (Fsp3) is 0.318. The first kappa shape index (κ1) is 20.7. The van der Waals surface area contributed by atoms with Gasteiger partial charge in [0.25, 0.3) is 5.91 Å². The summed E-state index contributed by atoms with van der Waals surface area (Å²) in [5.74, 6) is -1.05. The van der Waals surface area contributed by atoms with Crippen LogP contribution in [0.5, 0.6) is 0 Å². The smallest absolute Gasteiger partial charge is 0.338 e. The minimum absolute atomic E-state index is 0.0484. The van der Waals surface area contributed by atoms with E-state index in [4.69, 9.17) is 9.47 Å². The SMILES string of the molecule is CC(=O)c1ccc(NC(=O)COC(=O)c2ccc(CN3CCOCC3)cc2)cc1. The van der Waals surface area contributed by atoms with Crippen LogP contribution in [0, 0.1) is 0 Å². The zero-order valence-electron chi connectivity index (χ0n) is 16.3. The Balaban J connectivity index is 1.45. The maximum Gasteiger partial charge on any atom is 0.338 e. The highest BCUT2D eigenvalue weighted by Crippen LogP contribution is 2.12. The van der Waals surface area contributed by atoms with Gasteiger partial charge < -0.3 is 14.8 Å².